The number of sulfone groups is 1. The summed E-state index contributed by atoms with van der Waals surface area (Å²) < 4.78 is 29.4. The molecule has 9 heteroatoms. The molecular formula is C19H15N5O3S. The summed E-state index contributed by atoms with van der Waals surface area (Å²) >= 11 is 0. The summed E-state index contributed by atoms with van der Waals surface area (Å²) in [5.74, 6) is 1.73. The fraction of sp³-hybridized carbons (Fsp3) is 0.0526. The summed E-state index contributed by atoms with van der Waals surface area (Å²) in [7, 11) is -3.55. The standard InChI is InChI=1S/C19H15N5O3S/c1-28(25,26)19-20-11-16-17(24-19)18(22-12-21-16)23-13-6-5-9-15(10-13)27-14-7-3-2-4-8-14/h2-12H,1H3,(H,21,22,23). The maximum atomic E-state index is 11.8. The number of aromatic nitrogens is 4. The fourth-order valence-corrected chi connectivity index (χ4v) is 3.01. The molecule has 1 N–H and O–H groups in total. The summed E-state index contributed by atoms with van der Waals surface area (Å²) in [6.07, 6.45) is 3.77. The minimum Gasteiger partial charge on any atom is -0.457 e. The lowest BCUT2D eigenvalue weighted by atomic mass is 10.3. The van der Waals surface area contributed by atoms with Gasteiger partial charge in [-0.15, -0.1) is 0 Å². The summed E-state index contributed by atoms with van der Waals surface area (Å²) in [6, 6.07) is 16.7. The molecule has 0 fully saturated rings. The van der Waals surface area contributed by atoms with E-state index in [0.29, 0.717) is 28.3 Å². The van der Waals surface area contributed by atoms with Crippen LogP contribution in [0.2, 0.25) is 0 Å². The Morgan fingerprint density at radius 3 is 2.50 bits per heavy atom. The van der Waals surface area contributed by atoms with Gasteiger partial charge in [-0.05, 0) is 24.3 Å². The highest BCUT2D eigenvalue weighted by Crippen LogP contribution is 2.27. The minimum atomic E-state index is -3.55. The van der Waals surface area contributed by atoms with Gasteiger partial charge in [0.05, 0.1) is 6.20 Å². The van der Waals surface area contributed by atoms with Gasteiger partial charge in [-0.3, -0.25) is 0 Å². The number of nitrogens with one attached hydrogen (secondary N) is 1. The average Bonchev–Trinajstić information content (AvgIpc) is 2.68. The molecule has 0 bridgehead atoms. The molecule has 4 aromatic rings. The number of nitrogens with zero attached hydrogens (tertiary/aromatic N) is 4. The molecule has 8 nitrogen and oxygen atoms in total. The highest BCUT2D eigenvalue weighted by atomic mass is 32.2. The lowest BCUT2D eigenvalue weighted by Crippen LogP contribution is -2.06. The molecule has 0 aliphatic heterocycles. The van der Waals surface area contributed by atoms with Crippen LogP contribution in [0.4, 0.5) is 11.5 Å². The second-order valence-corrected chi connectivity index (χ2v) is 7.86. The van der Waals surface area contributed by atoms with Crippen molar-refractivity contribution in [2.45, 2.75) is 5.16 Å². The number of hydrogen-bond acceptors (Lipinski definition) is 8. The van der Waals surface area contributed by atoms with Gasteiger partial charge in [0.15, 0.2) is 5.82 Å². The van der Waals surface area contributed by atoms with Crippen LogP contribution >= 0.6 is 0 Å². The fourth-order valence-electron chi connectivity index (χ4n) is 2.51. The van der Waals surface area contributed by atoms with Crippen molar-refractivity contribution in [3.63, 3.8) is 0 Å². The molecule has 4 rings (SSSR count). The SMILES string of the molecule is CS(=O)(=O)c1ncc2ncnc(Nc3cccc(Oc4ccccc4)c3)c2n1. The molecule has 0 aliphatic carbocycles. The van der Waals surface area contributed by atoms with Crippen LogP contribution in [-0.4, -0.2) is 34.6 Å². The molecule has 2 heterocycles. The number of hydrogen-bond donors (Lipinski definition) is 1. The van der Waals surface area contributed by atoms with Crippen molar-refractivity contribution >= 4 is 32.4 Å². The number of ether oxygens (including phenoxy) is 1. The van der Waals surface area contributed by atoms with Gasteiger partial charge in [-0.2, -0.15) is 0 Å². The molecule has 2 aromatic heterocycles. The number of para-hydroxylation sites is 1. The highest BCUT2D eigenvalue weighted by Gasteiger charge is 2.14. The van der Waals surface area contributed by atoms with E-state index in [0.717, 1.165) is 12.0 Å². The highest BCUT2D eigenvalue weighted by molar-refractivity contribution is 7.90. The van der Waals surface area contributed by atoms with Crippen molar-refractivity contribution in [3.8, 4) is 11.5 Å². The predicted molar refractivity (Wildman–Crippen MR) is 104 cm³/mol. The molecule has 0 saturated heterocycles. The third-order valence-electron chi connectivity index (χ3n) is 3.76. The third kappa shape index (κ3) is 3.89. The van der Waals surface area contributed by atoms with E-state index in [1.807, 2.05) is 48.5 Å². The molecule has 0 radical (unpaired) electrons. The van der Waals surface area contributed by atoms with Gasteiger partial charge in [0.25, 0.3) is 0 Å². The number of anilines is 2. The van der Waals surface area contributed by atoms with Gasteiger partial charge >= 0.3 is 0 Å². The second-order valence-electron chi connectivity index (χ2n) is 5.95. The van der Waals surface area contributed by atoms with Crippen molar-refractivity contribution in [2.75, 3.05) is 11.6 Å². The molecule has 0 spiro atoms. The van der Waals surface area contributed by atoms with Crippen molar-refractivity contribution < 1.29 is 13.2 Å². The lowest BCUT2D eigenvalue weighted by molar-refractivity contribution is 0.483. The molecule has 0 unspecified atom stereocenters. The zero-order valence-electron chi connectivity index (χ0n) is 14.8. The smallest absolute Gasteiger partial charge is 0.247 e. The summed E-state index contributed by atoms with van der Waals surface area (Å²) in [6.45, 7) is 0. The minimum absolute atomic E-state index is 0.279. The van der Waals surface area contributed by atoms with E-state index in [1.54, 1.807) is 6.07 Å². The molecule has 140 valence electrons. The zero-order chi connectivity index (χ0) is 19.6. The van der Waals surface area contributed by atoms with Crippen LogP contribution in [-0.2, 0) is 9.84 Å². The Kier molecular flexibility index (Phi) is 4.58. The number of fused-ring (bicyclic) bond motifs is 1. The first-order valence-electron chi connectivity index (χ1n) is 8.27. The Hall–Kier alpha value is -3.59. The predicted octanol–water partition coefficient (Wildman–Crippen LogP) is 3.36. The van der Waals surface area contributed by atoms with Gasteiger partial charge in [0.1, 0.15) is 28.9 Å². The van der Waals surface area contributed by atoms with Gasteiger partial charge in [0, 0.05) is 18.0 Å². The Balaban J connectivity index is 1.67. The van der Waals surface area contributed by atoms with Gasteiger partial charge < -0.3 is 10.1 Å². The van der Waals surface area contributed by atoms with Crippen molar-refractivity contribution in [1.82, 2.24) is 19.9 Å². The first kappa shape index (κ1) is 17.8. The van der Waals surface area contributed by atoms with Crippen LogP contribution in [0.5, 0.6) is 11.5 Å². The van der Waals surface area contributed by atoms with E-state index in [2.05, 4.69) is 25.3 Å². The maximum Gasteiger partial charge on any atom is 0.247 e. The van der Waals surface area contributed by atoms with Crippen molar-refractivity contribution in [1.29, 1.82) is 0 Å². The van der Waals surface area contributed by atoms with E-state index in [4.69, 9.17) is 4.74 Å². The Bertz CT molecular complexity index is 1250. The normalized spacial score (nSPS) is 11.3. The third-order valence-corrected chi connectivity index (χ3v) is 4.62. The molecule has 28 heavy (non-hydrogen) atoms. The van der Waals surface area contributed by atoms with E-state index in [9.17, 15) is 8.42 Å². The molecule has 0 amide bonds. The lowest BCUT2D eigenvalue weighted by Gasteiger charge is -2.10. The van der Waals surface area contributed by atoms with E-state index < -0.39 is 9.84 Å². The topological polar surface area (TPSA) is 107 Å². The van der Waals surface area contributed by atoms with Crippen LogP contribution in [0.1, 0.15) is 0 Å². The summed E-state index contributed by atoms with van der Waals surface area (Å²) in [5, 5.41) is 2.86. The van der Waals surface area contributed by atoms with Crippen LogP contribution in [0.3, 0.4) is 0 Å². The molecular weight excluding hydrogens is 378 g/mol. The van der Waals surface area contributed by atoms with E-state index in [1.165, 1.54) is 12.5 Å². The Morgan fingerprint density at radius 2 is 1.71 bits per heavy atom. The van der Waals surface area contributed by atoms with Crippen molar-refractivity contribution in [3.05, 3.63) is 67.1 Å². The molecule has 2 aromatic carbocycles. The van der Waals surface area contributed by atoms with Gasteiger partial charge in [-0.1, -0.05) is 24.3 Å². The van der Waals surface area contributed by atoms with Crippen LogP contribution in [0.25, 0.3) is 11.0 Å². The van der Waals surface area contributed by atoms with Crippen molar-refractivity contribution in [2.24, 2.45) is 0 Å². The molecule has 0 atom stereocenters. The van der Waals surface area contributed by atoms with Crippen LogP contribution < -0.4 is 10.1 Å². The van der Waals surface area contributed by atoms with E-state index >= 15 is 0 Å². The maximum absolute atomic E-state index is 11.8. The zero-order valence-corrected chi connectivity index (χ0v) is 15.6. The van der Waals surface area contributed by atoms with Crippen LogP contribution in [0, 0.1) is 0 Å². The molecule has 0 saturated carbocycles. The van der Waals surface area contributed by atoms with Gasteiger partial charge in [-0.25, -0.2) is 28.4 Å². The van der Waals surface area contributed by atoms with Crippen LogP contribution in [0.15, 0.2) is 72.3 Å². The number of rotatable bonds is 5. The van der Waals surface area contributed by atoms with Gasteiger partial charge in [0.2, 0.25) is 15.0 Å². The first-order chi connectivity index (χ1) is 13.5. The summed E-state index contributed by atoms with van der Waals surface area (Å²) in [5.41, 5.74) is 1.45. The number of benzene rings is 2. The summed E-state index contributed by atoms with van der Waals surface area (Å²) in [4.78, 5) is 16.2. The monoisotopic (exact) mass is 393 g/mol. The Morgan fingerprint density at radius 1 is 0.929 bits per heavy atom. The first-order valence-corrected chi connectivity index (χ1v) is 10.2. The second kappa shape index (κ2) is 7.20. The largest absolute Gasteiger partial charge is 0.457 e. The Labute approximate surface area is 161 Å². The average molecular weight is 393 g/mol. The van der Waals surface area contributed by atoms with E-state index in [-0.39, 0.29) is 5.16 Å². The molecule has 0 aliphatic rings. The quantitative estimate of drug-likeness (QED) is 0.514.